The van der Waals surface area contributed by atoms with Crippen LogP contribution in [-0.4, -0.2) is 25.7 Å². The van der Waals surface area contributed by atoms with Crippen LogP contribution in [0.5, 0.6) is 0 Å². The van der Waals surface area contributed by atoms with E-state index < -0.39 is 0 Å². The van der Waals surface area contributed by atoms with E-state index in [1.54, 1.807) is 10.9 Å². The van der Waals surface area contributed by atoms with Gasteiger partial charge in [0.15, 0.2) is 5.82 Å². The minimum Gasteiger partial charge on any atom is -0.340 e. The summed E-state index contributed by atoms with van der Waals surface area (Å²) < 4.78 is 1.68. The van der Waals surface area contributed by atoms with Crippen molar-refractivity contribution in [3.05, 3.63) is 54.6 Å². The fraction of sp³-hybridized carbons (Fsp3) is 0.176. The third-order valence-corrected chi connectivity index (χ3v) is 3.33. The van der Waals surface area contributed by atoms with E-state index in [9.17, 15) is 4.79 Å². The molecule has 7 heteroatoms. The molecule has 0 bridgehead atoms. The van der Waals surface area contributed by atoms with Crippen molar-refractivity contribution in [2.75, 3.05) is 10.6 Å². The third kappa shape index (κ3) is 3.75. The Labute approximate surface area is 139 Å². The fourth-order valence-corrected chi connectivity index (χ4v) is 2.17. The van der Waals surface area contributed by atoms with E-state index >= 15 is 0 Å². The van der Waals surface area contributed by atoms with Crippen molar-refractivity contribution in [1.29, 1.82) is 0 Å². The summed E-state index contributed by atoms with van der Waals surface area (Å²) in [6.45, 7) is 3.65. The van der Waals surface area contributed by atoms with Gasteiger partial charge < -0.3 is 10.6 Å². The standard InChI is InChI=1S/C17H18N6O/c1-3-17(24)22-14-7-5-13(6-8-14)21-15-11-16(20-12(2)19-15)23-10-4-9-18-23/h4-11H,3H2,1-2H3,(H,22,24)(H,19,20,21). The zero-order valence-electron chi connectivity index (χ0n) is 13.5. The minimum absolute atomic E-state index is 0.00833. The average molecular weight is 322 g/mol. The lowest BCUT2D eigenvalue weighted by molar-refractivity contribution is -0.115. The Hall–Kier alpha value is -3.22. The van der Waals surface area contributed by atoms with Gasteiger partial charge >= 0.3 is 0 Å². The zero-order chi connectivity index (χ0) is 16.9. The molecule has 3 rings (SSSR count). The second kappa shape index (κ2) is 6.91. The molecule has 0 saturated heterocycles. The summed E-state index contributed by atoms with van der Waals surface area (Å²) >= 11 is 0. The molecule has 0 aliphatic carbocycles. The quantitative estimate of drug-likeness (QED) is 0.754. The summed E-state index contributed by atoms with van der Waals surface area (Å²) in [7, 11) is 0. The van der Waals surface area contributed by atoms with E-state index in [4.69, 9.17) is 0 Å². The number of aryl methyl sites for hydroxylation is 1. The van der Waals surface area contributed by atoms with Crippen molar-refractivity contribution in [2.45, 2.75) is 20.3 Å². The van der Waals surface area contributed by atoms with Crippen LogP contribution in [-0.2, 0) is 4.79 Å². The molecule has 2 aromatic heterocycles. The van der Waals surface area contributed by atoms with E-state index in [1.165, 1.54) is 0 Å². The van der Waals surface area contributed by atoms with Gasteiger partial charge in [0.25, 0.3) is 0 Å². The Morgan fingerprint density at radius 2 is 1.92 bits per heavy atom. The van der Waals surface area contributed by atoms with Gasteiger partial charge in [-0.25, -0.2) is 14.6 Å². The molecule has 1 aromatic carbocycles. The monoisotopic (exact) mass is 322 g/mol. The second-order valence-corrected chi connectivity index (χ2v) is 5.21. The number of aromatic nitrogens is 4. The Balaban J connectivity index is 1.77. The molecule has 0 saturated carbocycles. The molecule has 1 amide bonds. The predicted octanol–water partition coefficient (Wildman–Crippen LogP) is 3.06. The number of hydrogen-bond acceptors (Lipinski definition) is 5. The van der Waals surface area contributed by atoms with Crippen LogP contribution in [0.2, 0.25) is 0 Å². The number of carbonyl (C=O) groups is 1. The minimum atomic E-state index is -0.00833. The Morgan fingerprint density at radius 1 is 1.17 bits per heavy atom. The highest BCUT2D eigenvalue weighted by molar-refractivity contribution is 5.90. The molecule has 122 valence electrons. The molecule has 3 aromatic rings. The Bertz CT molecular complexity index is 827. The fourth-order valence-electron chi connectivity index (χ4n) is 2.17. The van der Waals surface area contributed by atoms with Gasteiger partial charge in [-0.1, -0.05) is 6.92 Å². The molecule has 7 nitrogen and oxygen atoms in total. The van der Waals surface area contributed by atoms with E-state index in [1.807, 2.05) is 56.4 Å². The number of nitrogens with zero attached hydrogens (tertiary/aromatic N) is 4. The first-order chi connectivity index (χ1) is 11.6. The van der Waals surface area contributed by atoms with Crippen molar-refractivity contribution >= 4 is 23.1 Å². The summed E-state index contributed by atoms with van der Waals surface area (Å²) in [6, 6.07) is 11.1. The molecular weight excluding hydrogens is 304 g/mol. The van der Waals surface area contributed by atoms with E-state index in [0.29, 0.717) is 23.9 Å². The normalized spacial score (nSPS) is 10.4. The van der Waals surface area contributed by atoms with E-state index in [-0.39, 0.29) is 5.91 Å². The van der Waals surface area contributed by atoms with Crippen molar-refractivity contribution in [2.24, 2.45) is 0 Å². The molecule has 0 spiro atoms. The first-order valence-corrected chi connectivity index (χ1v) is 7.66. The van der Waals surface area contributed by atoms with Crippen LogP contribution >= 0.6 is 0 Å². The maximum atomic E-state index is 11.4. The maximum absolute atomic E-state index is 11.4. The summed E-state index contributed by atoms with van der Waals surface area (Å²) in [6.07, 6.45) is 3.99. The second-order valence-electron chi connectivity index (χ2n) is 5.21. The molecule has 24 heavy (non-hydrogen) atoms. The van der Waals surface area contributed by atoms with Crippen molar-refractivity contribution in [3.63, 3.8) is 0 Å². The number of anilines is 3. The van der Waals surface area contributed by atoms with Crippen LogP contribution in [0, 0.1) is 6.92 Å². The van der Waals surface area contributed by atoms with Crippen LogP contribution in [0.1, 0.15) is 19.2 Å². The number of rotatable bonds is 5. The summed E-state index contributed by atoms with van der Waals surface area (Å²) in [5, 5.41) is 10.2. The smallest absolute Gasteiger partial charge is 0.224 e. The molecule has 0 aliphatic rings. The first kappa shape index (κ1) is 15.7. The van der Waals surface area contributed by atoms with Gasteiger partial charge in [-0.3, -0.25) is 4.79 Å². The van der Waals surface area contributed by atoms with Gasteiger partial charge in [0.1, 0.15) is 11.6 Å². The first-order valence-electron chi connectivity index (χ1n) is 7.66. The van der Waals surface area contributed by atoms with Crippen molar-refractivity contribution < 1.29 is 4.79 Å². The molecule has 0 radical (unpaired) electrons. The topological polar surface area (TPSA) is 84.7 Å². The maximum Gasteiger partial charge on any atom is 0.224 e. The SMILES string of the molecule is CCC(=O)Nc1ccc(Nc2cc(-n3cccn3)nc(C)n2)cc1. The summed E-state index contributed by atoms with van der Waals surface area (Å²) in [5.41, 5.74) is 1.64. The highest BCUT2D eigenvalue weighted by atomic mass is 16.1. The lowest BCUT2D eigenvalue weighted by atomic mass is 10.2. The van der Waals surface area contributed by atoms with Crippen LogP contribution in [0.25, 0.3) is 5.82 Å². The van der Waals surface area contributed by atoms with Crippen molar-refractivity contribution in [3.8, 4) is 5.82 Å². The average Bonchev–Trinajstić information content (AvgIpc) is 3.10. The largest absolute Gasteiger partial charge is 0.340 e. The molecule has 0 atom stereocenters. The van der Waals surface area contributed by atoms with E-state index in [0.717, 1.165) is 11.4 Å². The van der Waals surface area contributed by atoms with Crippen molar-refractivity contribution in [1.82, 2.24) is 19.7 Å². The molecular formula is C17H18N6O. The molecule has 2 N–H and O–H groups in total. The lowest BCUT2D eigenvalue weighted by Crippen LogP contribution is -2.09. The highest BCUT2D eigenvalue weighted by Gasteiger charge is 2.05. The van der Waals surface area contributed by atoms with Gasteiger partial charge in [-0.2, -0.15) is 5.10 Å². The Kier molecular flexibility index (Phi) is 4.51. The van der Waals surface area contributed by atoms with Gasteiger partial charge in [-0.05, 0) is 37.3 Å². The Morgan fingerprint density at radius 3 is 2.58 bits per heavy atom. The number of carbonyl (C=O) groups excluding carboxylic acids is 1. The van der Waals surface area contributed by atoms with Crippen LogP contribution < -0.4 is 10.6 Å². The zero-order valence-corrected chi connectivity index (χ0v) is 13.5. The number of benzene rings is 1. The van der Waals surface area contributed by atoms with E-state index in [2.05, 4.69) is 25.7 Å². The number of hydrogen-bond donors (Lipinski definition) is 2. The molecule has 0 fully saturated rings. The summed E-state index contributed by atoms with van der Waals surface area (Å²) in [5.74, 6) is 2.02. The number of nitrogens with one attached hydrogen (secondary N) is 2. The van der Waals surface area contributed by atoms with Crippen LogP contribution in [0.15, 0.2) is 48.8 Å². The van der Waals surface area contributed by atoms with Gasteiger partial charge in [-0.15, -0.1) is 0 Å². The molecule has 0 aliphatic heterocycles. The number of amides is 1. The van der Waals surface area contributed by atoms with Gasteiger partial charge in [0, 0.05) is 36.3 Å². The van der Waals surface area contributed by atoms with Crippen LogP contribution in [0.3, 0.4) is 0 Å². The highest BCUT2D eigenvalue weighted by Crippen LogP contribution is 2.19. The summed E-state index contributed by atoms with van der Waals surface area (Å²) in [4.78, 5) is 20.2. The third-order valence-electron chi connectivity index (χ3n) is 3.33. The van der Waals surface area contributed by atoms with Gasteiger partial charge in [0.2, 0.25) is 5.91 Å². The molecule has 2 heterocycles. The van der Waals surface area contributed by atoms with Crippen LogP contribution in [0.4, 0.5) is 17.2 Å². The lowest BCUT2D eigenvalue weighted by Gasteiger charge is -2.10. The van der Waals surface area contributed by atoms with Gasteiger partial charge in [0.05, 0.1) is 0 Å². The molecule has 0 unspecified atom stereocenters. The predicted molar refractivity (Wildman–Crippen MR) is 92.5 cm³/mol.